The molecule has 2 amide bonds. The van der Waals surface area contributed by atoms with Crippen molar-refractivity contribution in [2.45, 2.75) is 77.2 Å². The molecule has 4 aromatic rings. The Bertz CT molecular complexity index is 2710. The van der Waals surface area contributed by atoms with E-state index in [2.05, 4.69) is 31.8 Å². The van der Waals surface area contributed by atoms with Crippen LogP contribution in [-0.2, 0) is 59.0 Å². The van der Waals surface area contributed by atoms with E-state index in [9.17, 15) is 51.4 Å². The van der Waals surface area contributed by atoms with Crippen LogP contribution in [0.1, 0.15) is 61.8 Å². The molecule has 1 aliphatic heterocycles. The van der Waals surface area contributed by atoms with Crippen molar-refractivity contribution < 1.29 is 66.0 Å². The van der Waals surface area contributed by atoms with Gasteiger partial charge in [-0.15, -0.1) is 11.6 Å². The lowest BCUT2D eigenvalue weighted by molar-refractivity contribution is -0.193. The predicted molar refractivity (Wildman–Crippen MR) is 288 cm³/mol. The number of anilines is 2. The molecule has 27 heteroatoms. The summed E-state index contributed by atoms with van der Waals surface area (Å²) in [6.45, 7) is 11.7. The zero-order valence-electron chi connectivity index (χ0n) is 43.1. The standard InChI is InChI=1S/C16H14ClF3N2O4.C15H22ClNO2.C11H11Cl2NO2.C3H8NO5P.C3H9S/c1-8(2)26-14(24)10-6-9(4-5-11(10)17)22-13(23)7-12(16(18,19)20)21(3)15(22)25;1-5-13-8-6-7-11(2)15(13)17(14(18)9-16)12(3)10-19-4;1-7-6-16-9-5-3-2-4-8(9)14(7)11(15)10(12)13;5-3(6)1-4-2-10(7,8)9;1-4(2)3/h4-8H,1-3H3;6-8,12H,5,9-10H2,1-4H3;2-5,7,10H,6H2,1H3;4H,1-2H2,(H,5,6)(H2,7,8,9);1-3H3/q;;;;+1/p-1. The minimum Gasteiger partial charge on any atom is -0.778 e. The lowest BCUT2D eigenvalue weighted by atomic mass is 10.0. The number of aryl methyl sites for hydroxylation is 2. The molecule has 418 valence electrons. The quantitative estimate of drug-likeness (QED) is 0.0490. The Labute approximate surface area is 456 Å². The molecule has 5 rings (SSSR count). The van der Waals surface area contributed by atoms with Crippen molar-refractivity contribution in [2.24, 2.45) is 7.05 Å². The van der Waals surface area contributed by atoms with Gasteiger partial charge in [-0.3, -0.25) is 29.1 Å². The number of amides is 2. The van der Waals surface area contributed by atoms with Gasteiger partial charge in [-0.1, -0.05) is 72.1 Å². The number of fused-ring (bicyclic) bond motifs is 1. The van der Waals surface area contributed by atoms with Crippen molar-refractivity contribution in [2.75, 3.05) is 67.6 Å². The first kappa shape index (κ1) is 68.4. The first-order valence-electron chi connectivity index (χ1n) is 22.4. The highest BCUT2D eigenvalue weighted by Crippen LogP contribution is 2.35. The van der Waals surface area contributed by atoms with Crippen LogP contribution in [0.15, 0.2) is 76.3 Å². The summed E-state index contributed by atoms with van der Waals surface area (Å²) in [5.74, 6) is -1.70. The molecule has 0 bridgehead atoms. The van der Waals surface area contributed by atoms with Crippen molar-refractivity contribution in [1.82, 2.24) is 14.5 Å². The lowest BCUT2D eigenvalue weighted by Gasteiger charge is -2.35. The highest BCUT2D eigenvalue weighted by Gasteiger charge is 2.35. The number of hydrogen-bond acceptors (Lipinski definition) is 12. The minimum absolute atomic E-state index is 0.0104. The molecule has 0 spiro atoms. The number of benzene rings is 3. The van der Waals surface area contributed by atoms with Gasteiger partial charge in [0.05, 0.1) is 84.0 Å². The summed E-state index contributed by atoms with van der Waals surface area (Å²) in [6.07, 6.45) is 1.45. The minimum atomic E-state index is -4.86. The number of carboxylic acid groups (broad SMARTS) is 1. The number of methoxy groups -OCH3 is 1. The zero-order valence-corrected chi connectivity index (χ0v) is 47.8. The van der Waals surface area contributed by atoms with E-state index in [1.165, 1.54) is 12.1 Å². The maximum absolute atomic E-state index is 12.9. The van der Waals surface area contributed by atoms with Crippen molar-refractivity contribution >= 4 is 100 Å². The second-order valence-electron chi connectivity index (χ2n) is 16.8. The lowest BCUT2D eigenvalue weighted by Crippen LogP contribution is -2.47. The molecule has 18 nitrogen and oxygen atoms in total. The second kappa shape index (κ2) is 32.2. The molecule has 3 unspecified atom stereocenters. The third-order valence-corrected chi connectivity index (χ3v) is 11.2. The molecule has 1 aliphatic rings. The highest BCUT2D eigenvalue weighted by molar-refractivity contribution is 7.94. The Balaban J connectivity index is 0.000000510. The molecule has 0 saturated heterocycles. The number of aromatic nitrogens is 2. The van der Waals surface area contributed by atoms with Gasteiger partial charge >= 0.3 is 23.8 Å². The van der Waals surface area contributed by atoms with E-state index in [1.807, 2.05) is 62.5 Å². The fourth-order valence-corrected chi connectivity index (χ4v) is 7.52. The smallest absolute Gasteiger partial charge is 0.431 e. The van der Waals surface area contributed by atoms with E-state index in [1.54, 1.807) is 30.8 Å². The van der Waals surface area contributed by atoms with Crippen LogP contribution in [0.2, 0.25) is 5.02 Å². The SMILES string of the molecule is CC(C)OC(=O)c1cc(-n2c(=O)cc(C(F)(F)F)n(C)c2=O)ccc1Cl.CC1COc2ccccc2N1C(=O)C(Cl)Cl.CCc1cccc(C)c1N(C(=O)CCl)C(C)COC.C[S+](C)C.O=C(O)CNCP(=O)([O-])O. The van der Waals surface area contributed by atoms with E-state index in [0.717, 1.165) is 42.0 Å². The van der Waals surface area contributed by atoms with Crippen LogP contribution in [0.25, 0.3) is 5.69 Å². The number of alkyl halides is 6. The number of esters is 1. The third kappa shape index (κ3) is 22.5. The Hall–Kier alpha value is -4.61. The van der Waals surface area contributed by atoms with Crippen LogP contribution in [0, 0.1) is 6.92 Å². The summed E-state index contributed by atoms with van der Waals surface area (Å²) < 4.78 is 65.2. The number of rotatable bonds is 14. The third-order valence-electron chi connectivity index (χ3n) is 9.61. The number of carbonyl (C=O) groups excluding carboxylic acids is 3. The number of para-hydroxylation sites is 3. The Morgan fingerprint density at radius 3 is 2.13 bits per heavy atom. The van der Waals surface area contributed by atoms with Gasteiger partial charge < -0.3 is 43.5 Å². The first-order chi connectivity index (χ1) is 34.7. The molecule has 3 aromatic carbocycles. The topological polar surface area (TPSA) is 239 Å². The van der Waals surface area contributed by atoms with Gasteiger partial charge in [-0.25, -0.2) is 14.2 Å². The molecule has 2 heterocycles. The monoisotopic (exact) mass is 1180 g/mol. The summed E-state index contributed by atoms with van der Waals surface area (Å²) >= 11 is 22.9. The number of nitrogens with one attached hydrogen (secondary N) is 1. The number of ether oxygens (including phenoxy) is 3. The van der Waals surface area contributed by atoms with E-state index < -0.39 is 66.4 Å². The Morgan fingerprint density at radius 2 is 1.63 bits per heavy atom. The molecular weight excluding hydrogens is 1120 g/mol. The molecule has 3 N–H and O–H groups in total. The van der Waals surface area contributed by atoms with Gasteiger partial charge in [0.25, 0.3) is 11.5 Å². The van der Waals surface area contributed by atoms with Crippen LogP contribution < -0.4 is 36.0 Å². The van der Waals surface area contributed by atoms with Crippen LogP contribution >= 0.6 is 54.0 Å². The number of hydrogen-bond donors (Lipinski definition) is 3. The Morgan fingerprint density at radius 1 is 1.03 bits per heavy atom. The van der Waals surface area contributed by atoms with E-state index in [0.29, 0.717) is 45.1 Å². The largest absolute Gasteiger partial charge is 0.778 e. The molecule has 0 radical (unpaired) electrons. The van der Waals surface area contributed by atoms with Crippen LogP contribution in [0.5, 0.6) is 5.75 Å². The van der Waals surface area contributed by atoms with E-state index in [4.69, 9.17) is 70.6 Å². The van der Waals surface area contributed by atoms with E-state index in [-0.39, 0.29) is 46.1 Å². The normalized spacial score (nSPS) is 13.9. The van der Waals surface area contributed by atoms with Gasteiger partial charge in [0, 0.05) is 20.2 Å². The summed E-state index contributed by atoms with van der Waals surface area (Å²) in [4.78, 5) is 90.6. The molecule has 3 atom stereocenters. The van der Waals surface area contributed by atoms with Crippen LogP contribution in [0.4, 0.5) is 24.5 Å². The summed E-state index contributed by atoms with van der Waals surface area (Å²) in [5.41, 5.74) is -0.0745. The summed E-state index contributed by atoms with van der Waals surface area (Å²) in [5, 5.41) is 9.98. The van der Waals surface area contributed by atoms with Crippen molar-refractivity contribution in [3.05, 3.63) is 115 Å². The average Bonchev–Trinajstić information content (AvgIpc) is 3.30. The molecule has 0 aliphatic carbocycles. The maximum atomic E-state index is 12.9. The van der Waals surface area contributed by atoms with Crippen LogP contribution in [-0.4, -0.2) is 124 Å². The molecule has 1 aromatic heterocycles. The maximum Gasteiger partial charge on any atom is 0.431 e. The zero-order chi connectivity index (χ0) is 57.7. The highest BCUT2D eigenvalue weighted by atomic mass is 35.5. The summed E-state index contributed by atoms with van der Waals surface area (Å²) in [7, 11) is -1.18. The van der Waals surface area contributed by atoms with Gasteiger partial charge in [-0.2, -0.15) is 13.2 Å². The van der Waals surface area contributed by atoms with Gasteiger partial charge in [0.15, 0.2) is 4.84 Å². The van der Waals surface area contributed by atoms with Crippen LogP contribution in [0.3, 0.4) is 0 Å². The molecule has 0 fully saturated rings. The Kier molecular flexibility index (Phi) is 29.4. The molecular formula is C48H63Cl4F3N5O13PS. The average molecular weight is 1180 g/mol. The van der Waals surface area contributed by atoms with Gasteiger partial charge in [-0.05, 0) is 93.4 Å². The number of carboxylic acids is 1. The molecule has 0 saturated carbocycles. The second-order valence-corrected chi connectivity index (χ2v) is 22.6. The predicted octanol–water partition coefficient (Wildman–Crippen LogP) is 7.20. The van der Waals surface area contributed by atoms with E-state index >= 15 is 0 Å². The fraction of sp³-hybridized carbons (Fsp3) is 0.458. The number of nitrogens with zero attached hydrogens (tertiary/aromatic N) is 4. The number of aliphatic carboxylic acids is 1. The van der Waals surface area contributed by atoms with Crippen molar-refractivity contribution in [1.29, 1.82) is 0 Å². The first-order valence-corrected chi connectivity index (χ1v) is 28.4. The van der Waals surface area contributed by atoms with Crippen molar-refractivity contribution in [3.63, 3.8) is 0 Å². The fourth-order valence-electron chi connectivity index (χ4n) is 6.59. The van der Waals surface area contributed by atoms with Gasteiger partial charge in [0.1, 0.15) is 31.5 Å². The summed E-state index contributed by atoms with van der Waals surface area (Å²) in [6, 6.07) is 17.2. The number of halogens is 7. The number of carbonyl (C=O) groups is 4. The van der Waals surface area contributed by atoms with Gasteiger partial charge in [0.2, 0.25) is 5.91 Å². The van der Waals surface area contributed by atoms with Crippen molar-refractivity contribution in [3.8, 4) is 11.4 Å². The molecule has 75 heavy (non-hydrogen) atoms.